The van der Waals surface area contributed by atoms with E-state index in [-0.39, 0.29) is 49.3 Å². The van der Waals surface area contributed by atoms with Gasteiger partial charge in [0.15, 0.2) is 0 Å². The number of anilines is 2. The van der Waals surface area contributed by atoms with Crippen LogP contribution in [0, 0.1) is 12.4 Å². The fourth-order valence-electron chi connectivity index (χ4n) is 6.05. The van der Waals surface area contributed by atoms with Crippen molar-refractivity contribution in [3.8, 4) is 6.01 Å². The van der Waals surface area contributed by atoms with Gasteiger partial charge < -0.3 is 29.2 Å². The molecule has 13 heteroatoms. The number of alkyl halides is 3. The van der Waals surface area contributed by atoms with Crippen LogP contribution in [-0.4, -0.2) is 90.7 Å². The number of halogens is 4. The maximum atomic E-state index is 14.4. The van der Waals surface area contributed by atoms with E-state index in [1.165, 1.54) is 23.1 Å². The molecule has 0 aliphatic carbocycles. The molecule has 1 aromatic heterocycles. The molecular weight excluding hydrogens is 554 g/mol. The first-order valence-corrected chi connectivity index (χ1v) is 13.9. The molecule has 4 heterocycles. The van der Waals surface area contributed by atoms with Gasteiger partial charge in [-0.2, -0.15) is 23.1 Å². The number of benzene rings is 1. The van der Waals surface area contributed by atoms with Crippen molar-refractivity contribution < 1.29 is 27.1 Å². The highest BCUT2D eigenvalue weighted by Crippen LogP contribution is 2.40. The minimum atomic E-state index is -4.86. The van der Waals surface area contributed by atoms with Gasteiger partial charge in [-0.1, -0.05) is 12.6 Å². The zero-order chi connectivity index (χ0) is 30.0. The first-order valence-electron chi connectivity index (χ1n) is 13.9. The van der Waals surface area contributed by atoms with Crippen LogP contribution < -0.4 is 14.5 Å². The molecule has 1 amide bonds. The quantitative estimate of drug-likeness (QED) is 0.278. The number of carbonyl (C=O) groups excluding carboxylic acids is 1. The van der Waals surface area contributed by atoms with Crippen LogP contribution in [0.5, 0.6) is 6.01 Å². The number of ether oxygens (including phenoxy) is 1. The summed E-state index contributed by atoms with van der Waals surface area (Å²) >= 11 is 0. The normalized spacial score (nSPS) is 21.2. The summed E-state index contributed by atoms with van der Waals surface area (Å²) in [7, 11) is 2.02. The third-order valence-corrected chi connectivity index (χ3v) is 8.26. The van der Waals surface area contributed by atoms with Gasteiger partial charge in [0.05, 0.1) is 17.9 Å². The Morgan fingerprint density at radius 2 is 2.00 bits per heavy atom. The van der Waals surface area contributed by atoms with Gasteiger partial charge in [0.1, 0.15) is 29.8 Å². The van der Waals surface area contributed by atoms with Crippen molar-refractivity contribution in [1.82, 2.24) is 19.8 Å². The van der Waals surface area contributed by atoms with Crippen LogP contribution in [0.25, 0.3) is 4.85 Å². The Balaban J connectivity index is 1.49. The van der Waals surface area contributed by atoms with Gasteiger partial charge in [-0.05, 0) is 51.1 Å². The highest BCUT2D eigenvalue weighted by atomic mass is 19.4. The molecule has 2 saturated heterocycles. The Morgan fingerprint density at radius 1 is 1.19 bits per heavy atom. The topological polar surface area (TPSA) is 69.4 Å². The van der Waals surface area contributed by atoms with Crippen LogP contribution in [-0.2, 0) is 23.9 Å². The van der Waals surface area contributed by atoms with E-state index in [1.54, 1.807) is 4.90 Å². The lowest BCUT2D eigenvalue weighted by atomic mass is 10.0. The van der Waals surface area contributed by atoms with E-state index in [1.807, 2.05) is 11.9 Å². The number of hydrogen-bond donors (Lipinski definition) is 0. The Hall–Kier alpha value is -3.92. The van der Waals surface area contributed by atoms with E-state index in [9.17, 15) is 22.4 Å². The van der Waals surface area contributed by atoms with Crippen LogP contribution in [0.2, 0.25) is 0 Å². The molecule has 3 aliphatic heterocycles. The van der Waals surface area contributed by atoms with E-state index in [0.717, 1.165) is 31.0 Å². The zero-order valence-electron chi connectivity index (χ0n) is 23.4. The van der Waals surface area contributed by atoms with Crippen LogP contribution in [0.15, 0.2) is 30.9 Å². The van der Waals surface area contributed by atoms with Gasteiger partial charge in [-0.3, -0.25) is 4.79 Å². The number of rotatable bonds is 7. The highest BCUT2D eigenvalue weighted by molar-refractivity contribution is 5.87. The summed E-state index contributed by atoms with van der Waals surface area (Å²) < 4.78 is 62.0. The third kappa shape index (κ3) is 5.99. The van der Waals surface area contributed by atoms with E-state index < -0.39 is 17.6 Å². The molecule has 42 heavy (non-hydrogen) atoms. The molecule has 1 aromatic carbocycles. The van der Waals surface area contributed by atoms with Gasteiger partial charge in [0, 0.05) is 37.8 Å². The van der Waals surface area contributed by atoms with Crippen molar-refractivity contribution in [2.75, 3.05) is 62.7 Å². The standard InChI is InChI=1S/C29H33F4N7O2/c1-4-25(41)40-14-13-39(16-20(40)15-34-2)27-21-10-12-38(24-9-5-8-22(30)26(24)29(31,32)33)17-23(21)35-28(36-27)42-18-19-7-6-11-37(19)3/h4-5,8-9,19-20H,1,6-7,10-18H2,3H3/t19-,20+/m1/s1. The predicted octanol–water partition coefficient (Wildman–Crippen LogP) is 3.79. The summed E-state index contributed by atoms with van der Waals surface area (Å²) in [6.07, 6.45) is -1.27. The average molecular weight is 588 g/mol. The fourth-order valence-corrected chi connectivity index (χ4v) is 6.05. The maximum absolute atomic E-state index is 14.4. The molecule has 2 fully saturated rings. The summed E-state index contributed by atoms with van der Waals surface area (Å²) in [6.45, 7) is 13.8. The Morgan fingerprint density at radius 3 is 2.69 bits per heavy atom. The summed E-state index contributed by atoms with van der Waals surface area (Å²) in [5.74, 6) is -0.981. The average Bonchev–Trinajstić information content (AvgIpc) is 3.38. The number of carbonyl (C=O) groups is 1. The van der Waals surface area contributed by atoms with Gasteiger partial charge in [0.2, 0.25) is 12.5 Å². The van der Waals surface area contributed by atoms with E-state index in [0.29, 0.717) is 44.2 Å². The minimum absolute atomic E-state index is 0.0114. The first kappa shape index (κ1) is 29.6. The molecule has 224 valence electrons. The van der Waals surface area contributed by atoms with Crippen LogP contribution in [0.4, 0.5) is 29.1 Å². The summed E-state index contributed by atoms with van der Waals surface area (Å²) in [4.78, 5) is 32.7. The molecule has 5 rings (SSSR count). The summed E-state index contributed by atoms with van der Waals surface area (Å²) in [5.41, 5.74) is -0.262. The maximum Gasteiger partial charge on any atom is 0.421 e. The first-order chi connectivity index (χ1) is 20.1. The molecular formula is C29H33F4N7O2. The number of nitrogens with zero attached hydrogens (tertiary/aromatic N) is 7. The van der Waals surface area contributed by atoms with Crippen molar-refractivity contribution in [2.45, 2.75) is 44.1 Å². The van der Waals surface area contributed by atoms with Crippen molar-refractivity contribution in [3.63, 3.8) is 0 Å². The predicted molar refractivity (Wildman–Crippen MR) is 149 cm³/mol. The SMILES string of the molecule is [C-]#[N+]C[C@H]1CN(c2nc(OC[C@H]3CCCN3C)nc3c2CCN(c2cccc(F)c2C(F)(F)F)C3)CCN1C(=O)C=C. The van der Waals surface area contributed by atoms with Crippen molar-refractivity contribution in [2.24, 2.45) is 0 Å². The fraction of sp³-hybridized carbons (Fsp3) is 0.517. The Kier molecular flexibility index (Phi) is 8.54. The van der Waals surface area contributed by atoms with Gasteiger partial charge in [-0.15, -0.1) is 0 Å². The second kappa shape index (κ2) is 12.1. The molecule has 0 saturated carbocycles. The van der Waals surface area contributed by atoms with Crippen LogP contribution in [0.1, 0.15) is 29.7 Å². The minimum Gasteiger partial charge on any atom is -0.462 e. The molecule has 2 atom stereocenters. The third-order valence-electron chi connectivity index (χ3n) is 8.26. The molecule has 0 N–H and O–H groups in total. The molecule has 0 unspecified atom stereocenters. The number of piperazine rings is 1. The number of fused-ring (bicyclic) bond motifs is 1. The van der Waals surface area contributed by atoms with E-state index in [2.05, 4.69) is 21.3 Å². The second-order valence-electron chi connectivity index (χ2n) is 10.8. The summed E-state index contributed by atoms with van der Waals surface area (Å²) in [5, 5.41) is 0. The molecule has 0 spiro atoms. The lowest BCUT2D eigenvalue weighted by molar-refractivity contribution is -0.139. The number of likely N-dealkylation sites (tertiary alicyclic amines) is 1. The lowest BCUT2D eigenvalue weighted by Crippen LogP contribution is -2.56. The molecule has 9 nitrogen and oxygen atoms in total. The number of hydrogen-bond acceptors (Lipinski definition) is 7. The van der Waals surface area contributed by atoms with Crippen molar-refractivity contribution in [3.05, 3.63) is 64.9 Å². The van der Waals surface area contributed by atoms with E-state index in [4.69, 9.17) is 16.3 Å². The summed E-state index contributed by atoms with van der Waals surface area (Å²) in [6, 6.07) is 3.29. The van der Waals surface area contributed by atoms with Crippen LogP contribution >= 0.6 is 0 Å². The number of aromatic nitrogens is 2. The molecule has 3 aliphatic rings. The van der Waals surface area contributed by atoms with E-state index >= 15 is 0 Å². The van der Waals surface area contributed by atoms with Gasteiger partial charge >= 0.3 is 12.2 Å². The van der Waals surface area contributed by atoms with Gasteiger partial charge in [0.25, 0.3) is 0 Å². The second-order valence-corrected chi connectivity index (χ2v) is 10.8. The Labute approximate surface area is 242 Å². The smallest absolute Gasteiger partial charge is 0.421 e. The van der Waals surface area contributed by atoms with Gasteiger partial charge in [-0.25, -0.2) is 11.0 Å². The largest absolute Gasteiger partial charge is 0.462 e. The van der Waals surface area contributed by atoms with Crippen molar-refractivity contribution in [1.29, 1.82) is 0 Å². The number of likely N-dealkylation sites (N-methyl/N-ethyl adjacent to an activating group) is 1. The molecule has 0 bridgehead atoms. The van der Waals surface area contributed by atoms with Crippen molar-refractivity contribution >= 4 is 17.4 Å². The highest BCUT2D eigenvalue weighted by Gasteiger charge is 2.40. The zero-order valence-corrected chi connectivity index (χ0v) is 23.4. The Bertz CT molecular complexity index is 1380. The van der Waals surface area contributed by atoms with Crippen LogP contribution in [0.3, 0.4) is 0 Å². The number of amides is 1. The molecule has 0 radical (unpaired) electrons. The lowest BCUT2D eigenvalue weighted by Gasteiger charge is -2.41. The molecule has 2 aromatic rings. The monoisotopic (exact) mass is 587 g/mol.